The van der Waals surface area contributed by atoms with E-state index in [4.69, 9.17) is 16.3 Å². The average molecular weight is 318 g/mol. The van der Waals surface area contributed by atoms with E-state index in [2.05, 4.69) is 0 Å². The van der Waals surface area contributed by atoms with Gasteiger partial charge in [0.1, 0.15) is 5.75 Å². The van der Waals surface area contributed by atoms with Crippen molar-refractivity contribution < 1.29 is 9.53 Å². The molecule has 0 fully saturated rings. The van der Waals surface area contributed by atoms with Crippen molar-refractivity contribution in [1.29, 1.82) is 0 Å². The molecule has 2 rings (SSSR count). The predicted molar refractivity (Wildman–Crippen MR) is 89.2 cm³/mol. The molecule has 0 saturated carbocycles. The summed E-state index contributed by atoms with van der Waals surface area (Å²) in [6.45, 7) is 3.16. The van der Waals surface area contributed by atoms with Crippen LogP contribution in [0, 0.1) is 0 Å². The average Bonchev–Trinajstić information content (AvgIpc) is 2.51. The zero-order valence-electron chi connectivity index (χ0n) is 12.9. The van der Waals surface area contributed by atoms with Crippen molar-refractivity contribution in [2.75, 3.05) is 13.7 Å². The van der Waals surface area contributed by atoms with Crippen molar-refractivity contribution >= 4 is 17.5 Å². The molecular weight excluding hydrogens is 298 g/mol. The van der Waals surface area contributed by atoms with Crippen molar-refractivity contribution in [2.24, 2.45) is 0 Å². The number of ether oxygens (including phenoxy) is 1. The minimum Gasteiger partial charge on any atom is -0.494 e. The number of hydrogen-bond acceptors (Lipinski definition) is 2. The van der Waals surface area contributed by atoms with Crippen LogP contribution in [0.5, 0.6) is 5.75 Å². The first-order valence-electron chi connectivity index (χ1n) is 7.28. The molecule has 0 radical (unpaired) electrons. The monoisotopic (exact) mass is 317 g/mol. The SMILES string of the molecule is CCOc1ccc(CC(=O)N(C)Cc2ccc(Cl)cc2)cc1. The molecule has 116 valence electrons. The molecule has 0 bridgehead atoms. The Morgan fingerprint density at radius 1 is 1.05 bits per heavy atom. The molecule has 22 heavy (non-hydrogen) atoms. The van der Waals surface area contributed by atoms with E-state index in [1.165, 1.54) is 0 Å². The second-order valence-corrected chi connectivity index (χ2v) is 5.57. The number of amides is 1. The van der Waals surface area contributed by atoms with E-state index in [1.54, 1.807) is 4.90 Å². The third kappa shape index (κ3) is 4.78. The van der Waals surface area contributed by atoms with Crippen LogP contribution in [0.2, 0.25) is 5.02 Å². The van der Waals surface area contributed by atoms with Gasteiger partial charge in [0.15, 0.2) is 0 Å². The standard InChI is InChI=1S/C18H20ClNO2/c1-3-22-17-10-6-14(7-11-17)12-18(21)20(2)13-15-4-8-16(19)9-5-15/h4-11H,3,12-13H2,1-2H3. The molecule has 2 aromatic rings. The maximum Gasteiger partial charge on any atom is 0.227 e. The largest absolute Gasteiger partial charge is 0.494 e. The summed E-state index contributed by atoms with van der Waals surface area (Å²) in [5, 5.41) is 0.701. The van der Waals surface area contributed by atoms with Crippen molar-refractivity contribution in [3.05, 3.63) is 64.7 Å². The Labute approximate surface area is 136 Å². The smallest absolute Gasteiger partial charge is 0.227 e. The lowest BCUT2D eigenvalue weighted by Gasteiger charge is -2.17. The number of nitrogens with zero attached hydrogens (tertiary/aromatic N) is 1. The van der Waals surface area contributed by atoms with Crippen LogP contribution in [0.1, 0.15) is 18.1 Å². The lowest BCUT2D eigenvalue weighted by Crippen LogP contribution is -2.27. The number of benzene rings is 2. The van der Waals surface area contributed by atoms with Crippen molar-refractivity contribution in [2.45, 2.75) is 19.9 Å². The molecule has 0 aliphatic heterocycles. The third-order valence-electron chi connectivity index (χ3n) is 3.35. The molecule has 0 aromatic heterocycles. The first-order chi connectivity index (χ1) is 10.6. The molecule has 4 heteroatoms. The molecule has 0 aliphatic rings. The molecule has 0 atom stereocenters. The molecular formula is C18H20ClNO2. The van der Waals surface area contributed by atoms with Crippen LogP contribution < -0.4 is 4.74 Å². The van der Waals surface area contributed by atoms with Crippen LogP contribution in [-0.4, -0.2) is 24.5 Å². The normalized spacial score (nSPS) is 10.3. The summed E-state index contributed by atoms with van der Waals surface area (Å²) in [6, 6.07) is 15.2. The maximum atomic E-state index is 12.3. The first kappa shape index (κ1) is 16.4. The Morgan fingerprint density at radius 2 is 1.64 bits per heavy atom. The molecule has 0 unspecified atom stereocenters. The van der Waals surface area contributed by atoms with Gasteiger partial charge >= 0.3 is 0 Å². The fourth-order valence-electron chi connectivity index (χ4n) is 2.13. The van der Waals surface area contributed by atoms with Crippen LogP contribution in [0.15, 0.2) is 48.5 Å². The molecule has 0 saturated heterocycles. The van der Waals surface area contributed by atoms with E-state index in [9.17, 15) is 4.79 Å². The van der Waals surface area contributed by atoms with E-state index < -0.39 is 0 Å². The van der Waals surface area contributed by atoms with Gasteiger partial charge in [-0.25, -0.2) is 0 Å². The number of halogens is 1. The predicted octanol–water partition coefficient (Wildman–Crippen LogP) is 3.94. The van der Waals surface area contributed by atoms with E-state index in [-0.39, 0.29) is 5.91 Å². The Bertz CT molecular complexity index is 608. The fraction of sp³-hybridized carbons (Fsp3) is 0.278. The topological polar surface area (TPSA) is 29.5 Å². The van der Waals surface area contributed by atoms with Crippen LogP contribution >= 0.6 is 11.6 Å². The summed E-state index contributed by atoms with van der Waals surface area (Å²) >= 11 is 5.86. The maximum absolute atomic E-state index is 12.3. The highest BCUT2D eigenvalue weighted by molar-refractivity contribution is 6.30. The summed E-state index contributed by atoms with van der Waals surface area (Å²) < 4.78 is 5.40. The molecule has 0 N–H and O–H groups in total. The van der Waals surface area contributed by atoms with Crippen molar-refractivity contribution in [1.82, 2.24) is 4.90 Å². The van der Waals surface area contributed by atoms with Gasteiger partial charge < -0.3 is 9.64 Å². The van der Waals surface area contributed by atoms with Crippen LogP contribution in [0.4, 0.5) is 0 Å². The van der Waals surface area contributed by atoms with Gasteiger partial charge in [-0.1, -0.05) is 35.9 Å². The zero-order valence-corrected chi connectivity index (χ0v) is 13.6. The number of carbonyl (C=O) groups excluding carboxylic acids is 1. The van der Waals surface area contributed by atoms with Gasteiger partial charge in [-0.15, -0.1) is 0 Å². The first-order valence-corrected chi connectivity index (χ1v) is 7.66. The van der Waals surface area contributed by atoms with Gasteiger partial charge in [0.25, 0.3) is 0 Å². The molecule has 0 aliphatic carbocycles. The highest BCUT2D eigenvalue weighted by Crippen LogP contribution is 2.14. The fourth-order valence-corrected chi connectivity index (χ4v) is 2.26. The highest BCUT2D eigenvalue weighted by atomic mass is 35.5. The summed E-state index contributed by atoms with van der Waals surface area (Å²) in [7, 11) is 1.81. The Balaban J connectivity index is 1.91. The summed E-state index contributed by atoms with van der Waals surface area (Å²) in [6.07, 6.45) is 0.385. The number of likely N-dealkylation sites (N-methyl/N-ethyl adjacent to an activating group) is 1. The summed E-state index contributed by atoms with van der Waals surface area (Å²) in [5.74, 6) is 0.910. The summed E-state index contributed by atoms with van der Waals surface area (Å²) in [5.41, 5.74) is 2.04. The van der Waals surface area contributed by atoms with Gasteiger partial charge in [0.2, 0.25) is 5.91 Å². The van der Waals surface area contributed by atoms with Crippen LogP contribution in [0.25, 0.3) is 0 Å². The van der Waals surface area contributed by atoms with Gasteiger partial charge in [-0.05, 0) is 42.3 Å². The van der Waals surface area contributed by atoms with Crippen LogP contribution in [0.3, 0.4) is 0 Å². The second kappa shape index (κ2) is 7.85. The van der Waals surface area contributed by atoms with E-state index in [0.717, 1.165) is 16.9 Å². The van der Waals surface area contributed by atoms with Crippen molar-refractivity contribution in [3.8, 4) is 5.75 Å². The quantitative estimate of drug-likeness (QED) is 0.807. The van der Waals surface area contributed by atoms with E-state index in [1.807, 2.05) is 62.5 Å². The van der Waals surface area contributed by atoms with E-state index in [0.29, 0.717) is 24.6 Å². The lowest BCUT2D eigenvalue weighted by molar-refractivity contribution is -0.129. The molecule has 3 nitrogen and oxygen atoms in total. The summed E-state index contributed by atoms with van der Waals surface area (Å²) in [4.78, 5) is 14.0. The number of hydrogen-bond donors (Lipinski definition) is 0. The Hall–Kier alpha value is -2.00. The minimum absolute atomic E-state index is 0.0825. The number of rotatable bonds is 6. The molecule has 2 aromatic carbocycles. The van der Waals surface area contributed by atoms with Gasteiger partial charge in [0.05, 0.1) is 13.0 Å². The van der Waals surface area contributed by atoms with Gasteiger partial charge in [-0.2, -0.15) is 0 Å². The van der Waals surface area contributed by atoms with Crippen LogP contribution in [-0.2, 0) is 17.8 Å². The highest BCUT2D eigenvalue weighted by Gasteiger charge is 2.10. The Kier molecular flexibility index (Phi) is 5.84. The second-order valence-electron chi connectivity index (χ2n) is 5.13. The lowest BCUT2D eigenvalue weighted by atomic mass is 10.1. The molecule has 0 spiro atoms. The molecule has 0 heterocycles. The molecule has 1 amide bonds. The van der Waals surface area contributed by atoms with E-state index >= 15 is 0 Å². The minimum atomic E-state index is 0.0825. The number of carbonyl (C=O) groups is 1. The zero-order chi connectivity index (χ0) is 15.9. The van der Waals surface area contributed by atoms with Gasteiger partial charge in [0, 0.05) is 18.6 Å². The van der Waals surface area contributed by atoms with Gasteiger partial charge in [-0.3, -0.25) is 4.79 Å². The van der Waals surface area contributed by atoms with Crippen molar-refractivity contribution in [3.63, 3.8) is 0 Å². The third-order valence-corrected chi connectivity index (χ3v) is 3.60. The Morgan fingerprint density at radius 3 is 2.23 bits per heavy atom.